The first-order valence-corrected chi connectivity index (χ1v) is 2.12. The van der Waals surface area contributed by atoms with E-state index in [1.165, 1.54) is 6.07 Å². The summed E-state index contributed by atoms with van der Waals surface area (Å²) in [6, 6.07) is 5.28. The molecule has 1 aromatic carbocycles. The summed E-state index contributed by atoms with van der Waals surface area (Å²) in [5.41, 5.74) is 0. The Labute approximate surface area is 100 Å². The zero-order chi connectivity index (χ0) is 5.98. The van der Waals surface area contributed by atoms with Crippen LogP contribution in [0.4, 0.5) is 8.78 Å². The van der Waals surface area contributed by atoms with E-state index in [0.29, 0.717) is 0 Å². The van der Waals surface area contributed by atoms with Crippen LogP contribution in [-0.2, 0) is 18.6 Å². The molecule has 0 saturated carbocycles. The maximum atomic E-state index is 11.9. The van der Waals surface area contributed by atoms with Crippen molar-refractivity contribution in [2.75, 3.05) is 0 Å². The number of hydrogen-bond acceptors (Lipinski definition) is 0. The third-order valence-electron chi connectivity index (χ3n) is 0.728. The SMILES string of the molecule is Cl.Cl.Cl.Fc1[c-]ccc(F)c1.[V]. The third-order valence-corrected chi connectivity index (χ3v) is 0.728. The summed E-state index contributed by atoms with van der Waals surface area (Å²) >= 11 is 0. The van der Waals surface area contributed by atoms with E-state index in [4.69, 9.17) is 0 Å². The molecule has 0 heterocycles. The van der Waals surface area contributed by atoms with Crippen LogP contribution < -0.4 is 0 Å². The molecular weight excluding hydrogens is 267 g/mol. The van der Waals surface area contributed by atoms with Crippen molar-refractivity contribution >= 4 is 37.2 Å². The Kier molecular flexibility index (Phi) is 22.0. The van der Waals surface area contributed by atoms with Crippen LogP contribution in [0.15, 0.2) is 18.2 Å². The first-order valence-electron chi connectivity index (χ1n) is 2.12. The van der Waals surface area contributed by atoms with E-state index in [2.05, 4.69) is 6.07 Å². The van der Waals surface area contributed by atoms with Crippen molar-refractivity contribution in [1.29, 1.82) is 0 Å². The summed E-state index contributed by atoms with van der Waals surface area (Å²) < 4.78 is 23.8. The largest absolute Gasteiger partial charge is 0.236 e. The van der Waals surface area contributed by atoms with Crippen LogP contribution >= 0.6 is 37.2 Å². The first kappa shape index (κ1) is 22.9. The van der Waals surface area contributed by atoms with Gasteiger partial charge in [0.05, 0.1) is 0 Å². The van der Waals surface area contributed by atoms with Crippen LogP contribution in [0.25, 0.3) is 0 Å². The van der Waals surface area contributed by atoms with Gasteiger partial charge in [-0.05, 0) is 0 Å². The zero-order valence-corrected chi connectivity index (χ0v) is 9.51. The van der Waals surface area contributed by atoms with Crippen LogP contribution in [0.1, 0.15) is 0 Å². The van der Waals surface area contributed by atoms with Crippen molar-refractivity contribution in [3.63, 3.8) is 0 Å². The van der Waals surface area contributed by atoms with Gasteiger partial charge in [0.15, 0.2) is 0 Å². The molecule has 1 aromatic rings. The van der Waals surface area contributed by atoms with Crippen LogP contribution in [0, 0.1) is 17.7 Å². The summed E-state index contributed by atoms with van der Waals surface area (Å²) in [6.07, 6.45) is 0. The van der Waals surface area contributed by atoms with Gasteiger partial charge in [-0.2, -0.15) is 6.07 Å². The van der Waals surface area contributed by atoms with Gasteiger partial charge in [-0.3, -0.25) is 0 Å². The molecule has 71 valence electrons. The van der Waals surface area contributed by atoms with E-state index in [-0.39, 0.29) is 55.8 Å². The molecule has 0 aliphatic carbocycles. The predicted octanol–water partition coefficient (Wildman–Crippen LogP) is 3.03. The second-order valence-electron chi connectivity index (χ2n) is 1.35. The summed E-state index contributed by atoms with van der Waals surface area (Å²) in [6.45, 7) is 0. The second-order valence-corrected chi connectivity index (χ2v) is 1.35. The molecule has 6 heteroatoms. The fourth-order valence-corrected chi connectivity index (χ4v) is 0.412. The Morgan fingerprint density at radius 3 is 1.83 bits per heavy atom. The molecule has 12 heavy (non-hydrogen) atoms. The van der Waals surface area contributed by atoms with E-state index < -0.39 is 11.6 Å². The maximum absolute atomic E-state index is 11.9. The van der Waals surface area contributed by atoms with Crippen molar-refractivity contribution < 1.29 is 27.3 Å². The summed E-state index contributed by atoms with van der Waals surface area (Å²) in [4.78, 5) is 0. The third kappa shape index (κ3) is 8.63. The molecule has 0 saturated heterocycles. The topological polar surface area (TPSA) is 0 Å². The molecule has 0 nitrogen and oxygen atoms in total. The number of hydrogen-bond donors (Lipinski definition) is 0. The normalized spacial score (nSPS) is 6.17. The molecule has 0 bridgehead atoms. The minimum Gasteiger partial charge on any atom is -0.236 e. The van der Waals surface area contributed by atoms with Crippen LogP contribution in [0.5, 0.6) is 0 Å². The van der Waals surface area contributed by atoms with Gasteiger partial charge in [-0.15, -0.1) is 55.4 Å². The number of benzene rings is 1. The van der Waals surface area contributed by atoms with Gasteiger partial charge >= 0.3 is 0 Å². The molecule has 0 atom stereocenters. The molecule has 0 unspecified atom stereocenters. The van der Waals surface area contributed by atoms with Crippen molar-refractivity contribution in [2.45, 2.75) is 0 Å². The van der Waals surface area contributed by atoms with Gasteiger partial charge in [0.1, 0.15) is 0 Å². The minimum absolute atomic E-state index is 0. The van der Waals surface area contributed by atoms with Gasteiger partial charge in [-0.25, -0.2) is 8.78 Å². The molecule has 1 rings (SSSR count). The monoisotopic (exact) mass is 272 g/mol. The van der Waals surface area contributed by atoms with Crippen molar-refractivity contribution in [3.8, 4) is 0 Å². The van der Waals surface area contributed by atoms with Crippen LogP contribution in [0.3, 0.4) is 0 Å². The fourth-order valence-electron chi connectivity index (χ4n) is 0.412. The van der Waals surface area contributed by atoms with Gasteiger partial charge < -0.3 is 0 Å². The minimum atomic E-state index is -0.662. The molecule has 0 N–H and O–H groups in total. The molecule has 0 spiro atoms. The van der Waals surface area contributed by atoms with Gasteiger partial charge in [-0.1, -0.05) is 0 Å². The number of halogens is 5. The first-order chi connectivity index (χ1) is 3.79. The van der Waals surface area contributed by atoms with Crippen molar-refractivity contribution in [1.82, 2.24) is 0 Å². The molecule has 0 aromatic heterocycles. The quantitative estimate of drug-likeness (QED) is 0.637. The van der Waals surface area contributed by atoms with Gasteiger partial charge in [0.25, 0.3) is 0 Å². The Balaban J connectivity index is -0.0000000800. The Bertz CT molecular complexity index is 181. The van der Waals surface area contributed by atoms with E-state index in [1.807, 2.05) is 0 Å². The Hall–Kier alpha value is 0.534. The van der Waals surface area contributed by atoms with Crippen LogP contribution in [0.2, 0.25) is 0 Å². The van der Waals surface area contributed by atoms with E-state index >= 15 is 0 Å². The summed E-state index contributed by atoms with van der Waals surface area (Å²) in [5.74, 6) is -1.23. The summed E-state index contributed by atoms with van der Waals surface area (Å²) in [7, 11) is 0. The standard InChI is InChI=1S/C6H3F2.3ClH.V/c7-5-2-1-3-6(8)4-5;;;;/h1-2,4H;3*1H;/q-1;;;;. The van der Waals surface area contributed by atoms with E-state index in [0.717, 1.165) is 12.1 Å². The van der Waals surface area contributed by atoms with Crippen molar-refractivity contribution in [3.05, 3.63) is 35.9 Å². The van der Waals surface area contributed by atoms with Crippen LogP contribution in [-0.4, -0.2) is 0 Å². The van der Waals surface area contributed by atoms with Gasteiger partial charge in [0.2, 0.25) is 0 Å². The molecule has 0 fully saturated rings. The molecule has 0 aliphatic heterocycles. The van der Waals surface area contributed by atoms with E-state index in [9.17, 15) is 8.78 Å². The molecule has 0 amide bonds. The molecule has 0 aliphatic rings. The van der Waals surface area contributed by atoms with Gasteiger partial charge in [0, 0.05) is 30.2 Å². The fraction of sp³-hybridized carbons (Fsp3) is 0. The summed E-state index contributed by atoms with van der Waals surface area (Å²) in [5, 5.41) is 0. The number of rotatable bonds is 0. The maximum Gasteiger partial charge on any atom is 0.0178 e. The smallest absolute Gasteiger partial charge is 0.0178 e. The predicted molar refractivity (Wildman–Crippen MR) is 46.9 cm³/mol. The molecule has 1 radical (unpaired) electrons. The zero-order valence-electron chi connectivity index (χ0n) is 5.66. The van der Waals surface area contributed by atoms with E-state index in [1.54, 1.807) is 0 Å². The Morgan fingerprint density at radius 1 is 1.08 bits per heavy atom. The molecular formula is C6H6Cl3F2V-. The average Bonchev–Trinajstić information content (AvgIpc) is 1.64. The van der Waals surface area contributed by atoms with Crippen molar-refractivity contribution in [2.24, 2.45) is 0 Å². The average molecular weight is 273 g/mol. The Morgan fingerprint density at radius 2 is 1.58 bits per heavy atom. The second kappa shape index (κ2) is 11.5.